The largest absolute Gasteiger partial charge is 0.336 e. The van der Waals surface area contributed by atoms with E-state index in [0.29, 0.717) is 15.5 Å². The third-order valence-corrected chi connectivity index (χ3v) is 5.30. The number of barbiturate groups is 1. The van der Waals surface area contributed by atoms with Crippen molar-refractivity contribution in [3.63, 3.8) is 0 Å². The fourth-order valence-corrected chi connectivity index (χ4v) is 3.71. The summed E-state index contributed by atoms with van der Waals surface area (Å²) in [6.07, 6.45) is 1.41. The molecule has 0 bridgehead atoms. The highest BCUT2D eigenvalue weighted by Gasteiger charge is 2.38. The number of nitrogens with one attached hydrogen (secondary N) is 1. The summed E-state index contributed by atoms with van der Waals surface area (Å²) in [7, 11) is 0. The molecule has 0 aliphatic carbocycles. The fourth-order valence-electron chi connectivity index (χ4n) is 3.59. The molecule has 0 unspecified atom stereocenters. The molecule has 1 saturated heterocycles. The molecule has 4 amide bonds. The van der Waals surface area contributed by atoms with Gasteiger partial charge in [-0.1, -0.05) is 23.7 Å². The maximum Gasteiger partial charge on any atom is 0.336 e. The van der Waals surface area contributed by atoms with Crippen molar-refractivity contribution in [1.82, 2.24) is 9.88 Å². The number of hydrogen-bond acceptors (Lipinski definition) is 3. The van der Waals surface area contributed by atoms with Crippen LogP contribution in [0.15, 0.2) is 60.2 Å². The summed E-state index contributed by atoms with van der Waals surface area (Å²) >= 11 is 5.97. The van der Waals surface area contributed by atoms with E-state index in [9.17, 15) is 18.8 Å². The molecule has 1 aliphatic rings. The van der Waals surface area contributed by atoms with Crippen molar-refractivity contribution in [2.75, 3.05) is 4.90 Å². The Labute approximate surface area is 182 Å². The summed E-state index contributed by atoms with van der Waals surface area (Å²) in [6, 6.07) is 13.4. The van der Waals surface area contributed by atoms with Crippen LogP contribution >= 0.6 is 11.6 Å². The number of aromatic nitrogens is 1. The first-order valence-electron chi connectivity index (χ1n) is 9.39. The lowest BCUT2D eigenvalue weighted by molar-refractivity contribution is -0.122. The zero-order valence-electron chi connectivity index (χ0n) is 16.6. The third-order valence-electron chi connectivity index (χ3n) is 5.05. The SMILES string of the molecule is Cc1cc(/C=C2\C(=O)NC(=O)N(c3ccccc3F)C2=O)c(C)n1-c1ccc(Cl)cc1. The molecule has 31 heavy (non-hydrogen) atoms. The van der Waals surface area contributed by atoms with Gasteiger partial charge in [0.1, 0.15) is 11.4 Å². The van der Waals surface area contributed by atoms with Crippen molar-refractivity contribution in [1.29, 1.82) is 0 Å². The van der Waals surface area contributed by atoms with E-state index in [1.165, 1.54) is 24.3 Å². The lowest BCUT2D eigenvalue weighted by atomic mass is 10.1. The number of anilines is 1. The smallest absolute Gasteiger partial charge is 0.318 e. The van der Waals surface area contributed by atoms with Crippen LogP contribution in [0.1, 0.15) is 17.0 Å². The van der Waals surface area contributed by atoms with E-state index < -0.39 is 23.7 Å². The molecular weight excluding hydrogens is 421 g/mol. The maximum atomic E-state index is 14.2. The topological polar surface area (TPSA) is 71.4 Å². The Morgan fingerprint density at radius 2 is 1.68 bits per heavy atom. The minimum Gasteiger partial charge on any atom is -0.318 e. The van der Waals surface area contributed by atoms with Gasteiger partial charge in [-0.05, 0) is 68.0 Å². The van der Waals surface area contributed by atoms with Crippen LogP contribution < -0.4 is 10.2 Å². The quantitative estimate of drug-likeness (QED) is 0.482. The Balaban J connectivity index is 1.77. The highest BCUT2D eigenvalue weighted by Crippen LogP contribution is 2.27. The van der Waals surface area contributed by atoms with Crippen LogP contribution in [-0.4, -0.2) is 22.4 Å². The van der Waals surface area contributed by atoms with Crippen molar-refractivity contribution >= 4 is 41.2 Å². The van der Waals surface area contributed by atoms with E-state index in [0.717, 1.165) is 23.1 Å². The minimum absolute atomic E-state index is 0.227. The number of carbonyl (C=O) groups excluding carboxylic acids is 3. The Kier molecular flexibility index (Phi) is 5.20. The Bertz CT molecular complexity index is 1260. The van der Waals surface area contributed by atoms with Crippen molar-refractivity contribution < 1.29 is 18.8 Å². The third kappa shape index (κ3) is 3.64. The average molecular weight is 438 g/mol. The number of rotatable bonds is 3. The van der Waals surface area contributed by atoms with E-state index in [4.69, 9.17) is 11.6 Å². The number of benzene rings is 2. The average Bonchev–Trinajstić information content (AvgIpc) is 3.00. The van der Waals surface area contributed by atoms with E-state index in [2.05, 4.69) is 5.32 Å². The molecule has 4 rings (SSSR count). The van der Waals surface area contributed by atoms with E-state index in [-0.39, 0.29) is 11.3 Å². The molecule has 156 valence electrons. The number of para-hydroxylation sites is 1. The number of amides is 4. The highest BCUT2D eigenvalue weighted by molar-refractivity contribution is 6.39. The van der Waals surface area contributed by atoms with Crippen molar-refractivity contribution in [3.05, 3.63) is 88.0 Å². The number of halogens is 2. The summed E-state index contributed by atoms with van der Waals surface area (Å²) in [5, 5.41) is 2.71. The molecule has 2 heterocycles. The number of nitrogens with zero attached hydrogens (tertiary/aromatic N) is 2. The van der Waals surface area contributed by atoms with Crippen molar-refractivity contribution in [2.24, 2.45) is 0 Å². The Morgan fingerprint density at radius 1 is 1.00 bits per heavy atom. The normalized spacial score (nSPS) is 15.5. The fraction of sp³-hybridized carbons (Fsp3) is 0.0870. The van der Waals surface area contributed by atoms with Crippen LogP contribution in [0.2, 0.25) is 5.02 Å². The first-order valence-corrected chi connectivity index (χ1v) is 9.76. The van der Waals surface area contributed by atoms with Crippen LogP contribution in [0.3, 0.4) is 0 Å². The first kappa shape index (κ1) is 20.6. The highest BCUT2D eigenvalue weighted by atomic mass is 35.5. The molecule has 1 aromatic heterocycles. The summed E-state index contributed by atoms with van der Waals surface area (Å²) < 4.78 is 16.2. The zero-order valence-corrected chi connectivity index (χ0v) is 17.4. The molecule has 1 N–H and O–H groups in total. The van der Waals surface area contributed by atoms with Crippen LogP contribution in [0.4, 0.5) is 14.9 Å². The molecule has 8 heteroatoms. The Hall–Kier alpha value is -3.71. The van der Waals surface area contributed by atoms with Gasteiger partial charge in [-0.2, -0.15) is 0 Å². The van der Waals surface area contributed by atoms with Crippen LogP contribution in [-0.2, 0) is 9.59 Å². The second-order valence-corrected chi connectivity index (χ2v) is 7.48. The van der Waals surface area contributed by atoms with Gasteiger partial charge in [-0.15, -0.1) is 0 Å². The Morgan fingerprint density at radius 3 is 2.35 bits per heavy atom. The van der Waals surface area contributed by atoms with Crippen LogP contribution in [0.25, 0.3) is 11.8 Å². The summed E-state index contributed by atoms with van der Waals surface area (Å²) in [6.45, 7) is 3.74. The number of carbonyl (C=O) groups is 3. The monoisotopic (exact) mass is 437 g/mol. The predicted molar refractivity (Wildman–Crippen MR) is 116 cm³/mol. The molecule has 0 saturated carbocycles. The molecule has 1 fully saturated rings. The van der Waals surface area contributed by atoms with Gasteiger partial charge < -0.3 is 4.57 Å². The first-order chi connectivity index (χ1) is 14.8. The molecule has 1 aliphatic heterocycles. The number of imide groups is 2. The molecular formula is C23H17ClFN3O3. The maximum absolute atomic E-state index is 14.2. The van der Waals surface area contributed by atoms with Gasteiger partial charge in [0.25, 0.3) is 11.8 Å². The van der Waals surface area contributed by atoms with Crippen molar-refractivity contribution in [3.8, 4) is 5.69 Å². The van der Waals surface area contributed by atoms with Gasteiger partial charge in [-0.25, -0.2) is 14.1 Å². The van der Waals surface area contributed by atoms with Gasteiger partial charge >= 0.3 is 6.03 Å². The molecule has 0 radical (unpaired) electrons. The summed E-state index contributed by atoms with van der Waals surface area (Å²) in [5.74, 6) is -2.48. The van der Waals surface area contributed by atoms with Crippen LogP contribution in [0.5, 0.6) is 0 Å². The minimum atomic E-state index is -0.996. The van der Waals surface area contributed by atoms with Gasteiger partial charge in [0.05, 0.1) is 5.69 Å². The van der Waals surface area contributed by atoms with E-state index >= 15 is 0 Å². The number of urea groups is 1. The van der Waals surface area contributed by atoms with Crippen molar-refractivity contribution in [2.45, 2.75) is 13.8 Å². The molecule has 2 aromatic carbocycles. The summed E-state index contributed by atoms with van der Waals surface area (Å²) in [5.41, 5.74) is 2.65. The second-order valence-electron chi connectivity index (χ2n) is 7.05. The lowest BCUT2D eigenvalue weighted by Gasteiger charge is -2.26. The van der Waals surface area contributed by atoms with Gasteiger partial charge in [0.15, 0.2) is 0 Å². The predicted octanol–water partition coefficient (Wildman–Crippen LogP) is 4.55. The standard InChI is InChI=1S/C23H17ClFN3O3/c1-13-11-15(14(2)27(13)17-9-7-16(24)8-10-17)12-18-21(29)26-23(31)28(22(18)30)20-6-4-3-5-19(20)25/h3-12H,1-2H3,(H,26,29,31)/b18-12+. The zero-order chi connectivity index (χ0) is 22.3. The van der Waals surface area contributed by atoms with Crippen LogP contribution in [0, 0.1) is 19.7 Å². The molecule has 3 aromatic rings. The number of hydrogen-bond donors (Lipinski definition) is 1. The molecule has 0 atom stereocenters. The summed E-state index contributed by atoms with van der Waals surface area (Å²) in [4.78, 5) is 38.3. The van der Waals surface area contributed by atoms with Gasteiger partial charge in [-0.3, -0.25) is 14.9 Å². The van der Waals surface area contributed by atoms with Gasteiger partial charge in [0, 0.05) is 22.1 Å². The lowest BCUT2D eigenvalue weighted by Crippen LogP contribution is -2.54. The number of aryl methyl sites for hydroxylation is 1. The molecule has 6 nitrogen and oxygen atoms in total. The van der Waals surface area contributed by atoms with Gasteiger partial charge in [0.2, 0.25) is 0 Å². The second kappa shape index (κ2) is 7.85. The molecule has 0 spiro atoms. The van der Waals surface area contributed by atoms with E-state index in [1.54, 1.807) is 12.1 Å². The van der Waals surface area contributed by atoms with E-state index in [1.807, 2.05) is 36.6 Å².